The highest BCUT2D eigenvalue weighted by atomic mass is 35.5. The number of benzene rings is 2. The molecule has 0 N–H and O–H groups in total. The highest BCUT2D eigenvalue weighted by Crippen LogP contribution is 2.34. The first-order chi connectivity index (χ1) is 15.0. The zero-order valence-corrected chi connectivity index (χ0v) is 19.4. The molecule has 0 unspecified atom stereocenters. The Morgan fingerprint density at radius 1 is 1.19 bits per heavy atom. The molecule has 1 aromatic heterocycles. The van der Waals surface area contributed by atoms with Gasteiger partial charge in [0, 0.05) is 35.6 Å². The molecular formula is C24H27ClFN3OS. The Kier molecular flexibility index (Phi) is 6.80. The zero-order chi connectivity index (χ0) is 22.0. The number of nitrogens with zero attached hydrogens (tertiary/aromatic N) is 3. The van der Waals surface area contributed by atoms with Crippen LogP contribution in [0.2, 0.25) is 5.02 Å². The van der Waals surface area contributed by atoms with Crippen LogP contribution in [-0.2, 0) is 6.54 Å². The minimum atomic E-state index is -0.321. The summed E-state index contributed by atoms with van der Waals surface area (Å²) in [6.45, 7) is 2.98. The van der Waals surface area contributed by atoms with Crippen molar-refractivity contribution in [1.29, 1.82) is 0 Å². The number of hydrogen-bond acceptors (Lipinski definition) is 3. The molecule has 1 fully saturated rings. The number of halogens is 2. The van der Waals surface area contributed by atoms with E-state index in [0.29, 0.717) is 21.1 Å². The van der Waals surface area contributed by atoms with E-state index in [2.05, 4.69) is 16.5 Å². The molecular weight excluding hydrogens is 433 g/mol. The molecule has 0 radical (unpaired) electrons. The molecule has 0 spiro atoms. The molecule has 0 aliphatic heterocycles. The molecule has 0 bridgehead atoms. The maximum Gasteiger partial charge on any atom is 0.184 e. The van der Waals surface area contributed by atoms with E-state index in [1.54, 1.807) is 13.2 Å². The normalized spacial score (nSPS) is 13.7. The van der Waals surface area contributed by atoms with Crippen molar-refractivity contribution in [3.05, 3.63) is 64.3 Å². The maximum absolute atomic E-state index is 14.1. The third-order valence-electron chi connectivity index (χ3n) is 5.68. The van der Waals surface area contributed by atoms with Crippen LogP contribution in [0.5, 0.6) is 5.75 Å². The SMILES string of the molecule is COc1ccc(F)cc1-c1cn(CCCN(C)CC2CC2)c(=S)n1-c1ccc(Cl)cc1. The summed E-state index contributed by atoms with van der Waals surface area (Å²) in [5, 5.41) is 0.651. The second-order valence-corrected chi connectivity index (χ2v) is 9.01. The fourth-order valence-electron chi connectivity index (χ4n) is 3.91. The van der Waals surface area contributed by atoms with Crippen molar-refractivity contribution in [2.45, 2.75) is 25.8 Å². The molecule has 4 nitrogen and oxygen atoms in total. The Bertz CT molecular complexity index is 1110. The summed E-state index contributed by atoms with van der Waals surface area (Å²) in [5.41, 5.74) is 2.32. The van der Waals surface area contributed by atoms with E-state index in [0.717, 1.165) is 36.8 Å². The van der Waals surface area contributed by atoms with Crippen LogP contribution in [-0.4, -0.2) is 41.3 Å². The van der Waals surface area contributed by atoms with Crippen LogP contribution in [0.4, 0.5) is 4.39 Å². The molecule has 1 aliphatic carbocycles. The highest BCUT2D eigenvalue weighted by Gasteiger charge is 2.22. The highest BCUT2D eigenvalue weighted by molar-refractivity contribution is 7.71. The Balaban J connectivity index is 1.69. The second-order valence-electron chi connectivity index (χ2n) is 8.21. The molecule has 3 aromatic rings. The Labute approximate surface area is 192 Å². The minimum absolute atomic E-state index is 0.321. The quantitative estimate of drug-likeness (QED) is 0.355. The van der Waals surface area contributed by atoms with Gasteiger partial charge in [0.1, 0.15) is 11.6 Å². The van der Waals surface area contributed by atoms with E-state index in [1.807, 2.05) is 35.0 Å². The molecule has 164 valence electrons. The topological polar surface area (TPSA) is 22.3 Å². The van der Waals surface area contributed by atoms with Crippen molar-refractivity contribution in [3.63, 3.8) is 0 Å². The van der Waals surface area contributed by atoms with Gasteiger partial charge in [-0.1, -0.05) is 11.6 Å². The average Bonchev–Trinajstić information content (AvgIpc) is 3.51. The van der Waals surface area contributed by atoms with Gasteiger partial charge in [0.15, 0.2) is 4.77 Å². The molecule has 0 atom stereocenters. The van der Waals surface area contributed by atoms with Gasteiger partial charge in [-0.15, -0.1) is 0 Å². The summed E-state index contributed by atoms with van der Waals surface area (Å²) in [5.74, 6) is 1.16. The van der Waals surface area contributed by atoms with Crippen molar-refractivity contribution < 1.29 is 9.13 Å². The predicted molar refractivity (Wildman–Crippen MR) is 126 cm³/mol. The number of rotatable bonds is 9. The summed E-state index contributed by atoms with van der Waals surface area (Å²) in [6, 6.07) is 12.0. The lowest BCUT2D eigenvalue weighted by molar-refractivity contribution is 0.309. The summed E-state index contributed by atoms with van der Waals surface area (Å²) < 4.78 is 24.3. The smallest absolute Gasteiger partial charge is 0.184 e. The lowest BCUT2D eigenvalue weighted by Gasteiger charge is -2.15. The zero-order valence-electron chi connectivity index (χ0n) is 17.9. The van der Waals surface area contributed by atoms with Gasteiger partial charge in [-0.05, 0) is 93.5 Å². The summed E-state index contributed by atoms with van der Waals surface area (Å²) in [4.78, 5) is 2.40. The monoisotopic (exact) mass is 459 g/mol. The van der Waals surface area contributed by atoms with Crippen molar-refractivity contribution in [1.82, 2.24) is 14.0 Å². The largest absolute Gasteiger partial charge is 0.496 e. The van der Waals surface area contributed by atoms with E-state index in [4.69, 9.17) is 28.6 Å². The third kappa shape index (κ3) is 5.20. The Morgan fingerprint density at radius 2 is 1.94 bits per heavy atom. The number of aromatic nitrogens is 2. The van der Waals surface area contributed by atoms with E-state index < -0.39 is 0 Å². The standard InChI is InChI=1S/C24H27ClFN3OS/c1-27(15-17-4-5-17)12-3-13-28-16-22(21-14-19(26)8-11-23(21)30-2)29(24(28)31)20-9-6-18(25)7-10-20/h6-11,14,16-17H,3-5,12-13,15H2,1-2H3. The van der Waals surface area contributed by atoms with Gasteiger partial charge in [0.25, 0.3) is 0 Å². The summed E-state index contributed by atoms with van der Waals surface area (Å²) in [6.07, 6.45) is 5.70. The van der Waals surface area contributed by atoms with E-state index >= 15 is 0 Å². The minimum Gasteiger partial charge on any atom is -0.496 e. The maximum atomic E-state index is 14.1. The van der Waals surface area contributed by atoms with Crippen molar-refractivity contribution in [3.8, 4) is 22.7 Å². The lowest BCUT2D eigenvalue weighted by atomic mass is 10.1. The van der Waals surface area contributed by atoms with E-state index in [9.17, 15) is 4.39 Å². The molecule has 31 heavy (non-hydrogen) atoms. The van der Waals surface area contributed by atoms with Gasteiger partial charge in [0.2, 0.25) is 0 Å². The number of methoxy groups -OCH3 is 1. The van der Waals surface area contributed by atoms with Crippen LogP contribution in [0, 0.1) is 16.5 Å². The number of ether oxygens (including phenoxy) is 1. The fourth-order valence-corrected chi connectivity index (χ4v) is 4.38. The third-order valence-corrected chi connectivity index (χ3v) is 6.35. The first-order valence-corrected chi connectivity index (χ1v) is 11.4. The first kappa shape index (κ1) is 22.1. The van der Waals surface area contributed by atoms with Gasteiger partial charge >= 0.3 is 0 Å². The van der Waals surface area contributed by atoms with E-state index in [-0.39, 0.29) is 5.82 Å². The van der Waals surface area contributed by atoms with Gasteiger partial charge in [-0.2, -0.15) is 0 Å². The fraction of sp³-hybridized carbons (Fsp3) is 0.375. The Morgan fingerprint density at radius 3 is 2.61 bits per heavy atom. The second kappa shape index (κ2) is 9.55. The molecule has 1 aliphatic rings. The van der Waals surface area contributed by atoms with Crippen molar-refractivity contribution in [2.75, 3.05) is 27.2 Å². The van der Waals surface area contributed by atoms with Gasteiger partial charge in [0.05, 0.1) is 12.8 Å². The lowest BCUT2D eigenvalue weighted by Crippen LogP contribution is -2.23. The molecule has 4 rings (SSSR count). The average molecular weight is 460 g/mol. The Hall–Kier alpha value is -2.15. The molecule has 1 saturated carbocycles. The van der Waals surface area contributed by atoms with Crippen LogP contribution in [0.25, 0.3) is 16.9 Å². The molecule has 0 amide bonds. The van der Waals surface area contributed by atoms with Gasteiger partial charge in [-0.25, -0.2) is 4.39 Å². The van der Waals surface area contributed by atoms with Crippen molar-refractivity contribution in [2.24, 2.45) is 5.92 Å². The number of aryl methyl sites for hydroxylation is 1. The molecule has 2 aromatic carbocycles. The van der Waals surface area contributed by atoms with Crippen LogP contribution in [0.15, 0.2) is 48.7 Å². The summed E-state index contributed by atoms with van der Waals surface area (Å²) in [7, 11) is 3.77. The van der Waals surface area contributed by atoms with Crippen LogP contribution in [0.3, 0.4) is 0 Å². The van der Waals surface area contributed by atoms with Crippen LogP contribution >= 0.6 is 23.8 Å². The molecule has 7 heteroatoms. The number of hydrogen-bond donors (Lipinski definition) is 0. The van der Waals surface area contributed by atoms with Crippen LogP contribution < -0.4 is 4.74 Å². The van der Waals surface area contributed by atoms with E-state index in [1.165, 1.54) is 31.5 Å². The molecule has 0 saturated heterocycles. The van der Waals surface area contributed by atoms with Gasteiger partial charge in [-0.3, -0.25) is 4.57 Å². The first-order valence-electron chi connectivity index (χ1n) is 10.6. The van der Waals surface area contributed by atoms with Crippen LogP contribution in [0.1, 0.15) is 19.3 Å². The van der Waals surface area contributed by atoms with Crippen molar-refractivity contribution >= 4 is 23.8 Å². The predicted octanol–water partition coefficient (Wildman–Crippen LogP) is 6.21. The summed E-state index contributed by atoms with van der Waals surface area (Å²) >= 11 is 11.9. The van der Waals surface area contributed by atoms with Gasteiger partial charge < -0.3 is 14.2 Å². The number of imidazole rings is 1. The molecule has 1 heterocycles.